The molecule has 0 aliphatic heterocycles. The fourth-order valence-corrected chi connectivity index (χ4v) is 5.19. The van der Waals surface area contributed by atoms with E-state index in [9.17, 15) is 30.0 Å². The van der Waals surface area contributed by atoms with E-state index in [1.165, 1.54) is 0 Å². The number of ether oxygens (including phenoxy) is 2. The van der Waals surface area contributed by atoms with Gasteiger partial charge >= 0.3 is 11.9 Å². The van der Waals surface area contributed by atoms with Crippen LogP contribution in [-0.2, 0) is 19.1 Å². The first-order valence-electron chi connectivity index (χ1n) is 9.35. The van der Waals surface area contributed by atoms with Crippen LogP contribution in [0.15, 0.2) is 0 Å². The zero-order valence-corrected chi connectivity index (χ0v) is 16.7. The molecule has 0 saturated heterocycles. The summed E-state index contributed by atoms with van der Waals surface area (Å²) in [5.74, 6) is -4.69. The molecule has 2 fully saturated rings. The minimum absolute atomic E-state index is 0.214. The van der Waals surface area contributed by atoms with Crippen LogP contribution in [0.4, 0.5) is 0 Å². The molecule has 0 aromatic rings. The highest BCUT2D eigenvalue weighted by atomic mass is 16.7. The highest BCUT2D eigenvalue weighted by Gasteiger charge is 2.69. The van der Waals surface area contributed by atoms with Gasteiger partial charge < -0.3 is 29.9 Å². The molecule has 7 atom stereocenters. The third-order valence-electron chi connectivity index (χ3n) is 7.27. The first-order chi connectivity index (χ1) is 12.2. The molecule has 27 heavy (non-hydrogen) atoms. The molecule has 0 aromatic carbocycles. The monoisotopic (exact) mass is 388 g/mol. The predicted molar refractivity (Wildman–Crippen MR) is 94.2 cm³/mol. The van der Waals surface area contributed by atoms with E-state index < -0.39 is 58.9 Å². The maximum absolute atomic E-state index is 11.6. The molecule has 0 bridgehead atoms. The first-order valence-corrected chi connectivity index (χ1v) is 9.35. The van der Waals surface area contributed by atoms with E-state index in [4.69, 9.17) is 9.47 Å². The van der Waals surface area contributed by atoms with Crippen LogP contribution in [0.3, 0.4) is 0 Å². The van der Waals surface area contributed by atoms with Crippen molar-refractivity contribution in [1.29, 1.82) is 0 Å². The SMILES string of the molecule is CC(=O)OCC(O)(OC(C)=O)C1CCC2(C)C(O)CCC(C)(O)C2(C)C1O. The van der Waals surface area contributed by atoms with Gasteiger partial charge in [-0.05, 0) is 32.6 Å². The molecule has 156 valence electrons. The Kier molecular flexibility index (Phi) is 5.71. The van der Waals surface area contributed by atoms with Gasteiger partial charge in [0.05, 0.1) is 23.7 Å². The number of carbonyl (C=O) groups excluding carboxylic acids is 2. The zero-order chi connectivity index (χ0) is 20.8. The van der Waals surface area contributed by atoms with Gasteiger partial charge in [0.1, 0.15) is 0 Å². The predicted octanol–water partition coefficient (Wildman–Crippen LogP) is 0.490. The molecule has 0 spiro atoms. The lowest BCUT2D eigenvalue weighted by atomic mass is 9.42. The van der Waals surface area contributed by atoms with Gasteiger partial charge in [-0.15, -0.1) is 0 Å². The van der Waals surface area contributed by atoms with E-state index in [2.05, 4.69) is 0 Å². The summed E-state index contributed by atoms with van der Waals surface area (Å²) in [5.41, 5.74) is -3.31. The Hall–Kier alpha value is -1.22. The van der Waals surface area contributed by atoms with Gasteiger partial charge in [-0.25, -0.2) is 0 Å². The van der Waals surface area contributed by atoms with Gasteiger partial charge in [0.15, 0.2) is 6.61 Å². The summed E-state index contributed by atoms with van der Waals surface area (Å²) in [6.07, 6.45) is -0.773. The Morgan fingerprint density at radius 3 is 2.19 bits per heavy atom. The third kappa shape index (κ3) is 3.37. The van der Waals surface area contributed by atoms with Crippen LogP contribution in [0.25, 0.3) is 0 Å². The lowest BCUT2D eigenvalue weighted by Crippen LogP contribution is -2.72. The number of fused-ring (bicyclic) bond motifs is 1. The molecule has 2 aliphatic carbocycles. The molecular weight excluding hydrogens is 356 g/mol. The Morgan fingerprint density at radius 2 is 1.67 bits per heavy atom. The number of rotatable bonds is 4. The van der Waals surface area contributed by atoms with Crippen LogP contribution >= 0.6 is 0 Å². The molecule has 7 unspecified atom stereocenters. The van der Waals surface area contributed by atoms with Gasteiger partial charge in [-0.2, -0.15) is 0 Å². The van der Waals surface area contributed by atoms with Gasteiger partial charge in [-0.1, -0.05) is 13.8 Å². The van der Waals surface area contributed by atoms with Crippen molar-refractivity contribution in [2.75, 3.05) is 6.61 Å². The van der Waals surface area contributed by atoms with Gasteiger partial charge in [-0.3, -0.25) is 9.59 Å². The van der Waals surface area contributed by atoms with Crippen LogP contribution in [0.2, 0.25) is 0 Å². The van der Waals surface area contributed by atoms with Crippen molar-refractivity contribution in [3.8, 4) is 0 Å². The molecule has 2 rings (SSSR count). The molecule has 0 aromatic heterocycles. The molecular formula is C19H32O8. The maximum atomic E-state index is 11.6. The number of carbonyl (C=O) groups is 2. The minimum atomic E-state index is -2.24. The molecule has 8 nitrogen and oxygen atoms in total. The fraction of sp³-hybridized carbons (Fsp3) is 0.895. The maximum Gasteiger partial charge on any atom is 0.305 e. The summed E-state index contributed by atoms with van der Waals surface area (Å²) in [5, 5.41) is 44.1. The van der Waals surface area contributed by atoms with Crippen molar-refractivity contribution in [3.63, 3.8) is 0 Å². The van der Waals surface area contributed by atoms with Gasteiger partial charge in [0, 0.05) is 24.7 Å². The van der Waals surface area contributed by atoms with Crippen LogP contribution in [0.1, 0.15) is 60.3 Å². The summed E-state index contributed by atoms with van der Waals surface area (Å²) < 4.78 is 9.97. The molecule has 2 aliphatic rings. The van der Waals surface area contributed by atoms with Crippen LogP contribution in [-0.4, -0.2) is 62.6 Å². The lowest BCUT2D eigenvalue weighted by Gasteiger charge is -2.66. The lowest BCUT2D eigenvalue weighted by molar-refractivity contribution is -0.323. The molecule has 4 N–H and O–H groups in total. The number of esters is 2. The van der Waals surface area contributed by atoms with E-state index in [1.54, 1.807) is 13.8 Å². The number of aliphatic hydroxyl groups is 4. The number of hydrogen-bond acceptors (Lipinski definition) is 8. The summed E-state index contributed by atoms with van der Waals surface area (Å²) in [7, 11) is 0. The largest absolute Gasteiger partial charge is 0.459 e. The van der Waals surface area contributed by atoms with Crippen LogP contribution in [0.5, 0.6) is 0 Å². The topological polar surface area (TPSA) is 134 Å². The molecule has 0 heterocycles. The highest BCUT2D eigenvalue weighted by Crippen LogP contribution is 2.64. The average Bonchev–Trinajstić information content (AvgIpc) is 2.53. The molecule has 0 amide bonds. The van der Waals surface area contributed by atoms with E-state index in [-0.39, 0.29) is 12.8 Å². The van der Waals surface area contributed by atoms with E-state index in [0.29, 0.717) is 12.8 Å². The van der Waals surface area contributed by atoms with Crippen molar-refractivity contribution in [2.45, 2.75) is 83.9 Å². The second-order valence-corrected chi connectivity index (χ2v) is 8.76. The normalized spacial score (nSPS) is 44.0. The van der Waals surface area contributed by atoms with Crippen molar-refractivity contribution >= 4 is 11.9 Å². The number of aliphatic hydroxyl groups excluding tert-OH is 2. The van der Waals surface area contributed by atoms with Crippen molar-refractivity contribution in [3.05, 3.63) is 0 Å². The molecule has 0 radical (unpaired) electrons. The Balaban J connectivity index is 2.47. The van der Waals surface area contributed by atoms with Crippen molar-refractivity contribution in [1.82, 2.24) is 0 Å². The fourth-order valence-electron chi connectivity index (χ4n) is 5.19. The summed E-state index contributed by atoms with van der Waals surface area (Å²) in [6, 6.07) is 0. The standard InChI is InChI=1S/C19H32O8/c1-11(20)26-10-19(25,27-12(2)21)13-6-8-16(3)14(22)7-9-17(4,24)18(16,5)15(13)23/h13-15,22-25H,6-10H2,1-5H3. The van der Waals surface area contributed by atoms with E-state index in [0.717, 1.165) is 13.8 Å². The van der Waals surface area contributed by atoms with Crippen LogP contribution < -0.4 is 0 Å². The van der Waals surface area contributed by atoms with E-state index in [1.807, 2.05) is 6.92 Å². The Morgan fingerprint density at radius 1 is 1.07 bits per heavy atom. The van der Waals surface area contributed by atoms with Crippen molar-refractivity contribution in [2.24, 2.45) is 16.7 Å². The molecule has 8 heteroatoms. The second-order valence-electron chi connectivity index (χ2n) is 8.76. The Labute approximate surface area is 159 Å². The summed E-state index contributed by atoms with van der Waals surface area (Å²) >= 11 is 0. The van der Waals surface area contributed by atoms with Crippen LogP contribution in [0, 0.1) is 16.7 Å². The smallest absolute Gasteiger partial charge is 0.305 e. The van der Waals surface area contributed by atoms with E-state index >= 15 is 0 Å². The van der Waals surface area contributed by atoms with Gasteiger partial charge in [0.2, 0.25) is 0 Å². The van der Waals surface area contributed by atoms with Crippen molar-refractivity contribution < 1.29 is 39.5 Å². The summed E-state index contributed by atoms with van der Waals surface area (Å²) in [4.78, 5) is 22.8. The Bertz CT molecular complexity index is 605. The summed E-state index contributed by atoms with van der Waals surface area (Å²) in [6.45, 7) is 6.77. The zero-order valence-electron chi connectivity index (χ0n) is 16.7. The minimum Gasteiger partial charge on any atom is -0.459 e. The third-order valence-corrected chi connectivity index (χ3v) is 7.27. The quantitative estimate of drug-likeness (QED) is 0.404. The number of hydrogen-bond donors (Lipinski definition) is 4. The second kappa shape index (κ2) is 6.99. The first kappa shape index (κ1) is 22.1. The average molecular weight is 388 g/mol. The molecule has 2 saturated carbocycles. The van der Waals surface area contributed by atoms with Gasteiger partial charge in [0.25, 0.3) is 5.79 Å². The highest BCUT2D eigenvalue weighted by molar-refractivity contribution is 5.67.